The fourth-order valence-electron chi connectivity index (χ4n) is 2.17. The summed E-state index contributed by atoms with van der Waals surface area (Å²) in [6, 6.07) is 8.31. The van der Waals surface area contributed by atoms with E-state index in [0.717, 1.165) is 31.4 Å². The third-order valence-corrected chi connectivity index (χ3v) is 3.85. The molecule has 0 aliphatic heterocycles. The first kappa shape index (κ1) is 21.6. The molecule has 0 spiro atoms. The van der Waals surface area contributed by atoms with Gasteiger partial charge < -0.3 is 23.3 Å². The number of ether oxygens (including phenoxy) is 2. The van der Waals surface area contributed by atoms with E-state index < -0.39 is 0 Å². The minimum atomic E-state index is -0.230. The molecule has 123 valence electrons. The van der Waals surface area contributed by atoms with E-state index in [2.05, 4.69) is 39.8 Å². The zero-order valence-electron chi connectivity index (χ0n) is 14.3. The van der Waals surface area contributed by atoms with Crippen molar-refractivity contribution in [3.63, 3.8) is 0 Å². The molecule has 0 heterocycles. The van der Waals surface area contributed by atoms with Crippen LogP contribution in [0.15, 0.2) is 24.3 Å². The van der Waals surface area contributed by atoms with Crippen LogP contribution in [0.3, 0.4) is 0 Å². The van der Waals surface area contributed by atoms with Crippen LogP contribution in [0.25, 0.3) is 0 Å². The Bertz CT molecular complexity index is 378. The zero-order valence-corrected chi connectivity index (χ0v) is 15.7. The summed E-state index contributed by atoms with van der Waals surface area (Å²) in [5.74, 6) is 1.87. The Hall–Kier alpha value is -0.436. The van der Waals surface area contributed by atoms with Crippen molar-refractivity contribution < 1.29 is 28.0 Å². The smallest absolute Gasteiger partial charge is 0.465 e. The van der Waals surface area contributed by atoms with Crippen molar-refractivity contribution in [1.82, 2.24) is 0 Å². The largest absolute Gasteiger partial charge is 2.00 e. The third-order valence-electron chi connectivity index (χ3n) is 3.85. The average Bonchev–Trinajstić information content (AvgIpc) is 2.47. The summed E-state index contributed by atoms with van der Waals surface area (Å²) in [4.78, 5) is 0. The molecule has 0 fully saturated rings. The Morgan fingerprint density at radius 1 is 1.09 bits per heavy atom. The Labute approximate surface area is 148 Å². The maximum absolute atomic E-state index is 5.77. The second kappa shape index (κ2) is 12.0. The van der Waals surface area contributed by atoms with E-state index in [1.54, 1.807) is 0 Å². The molecule has 1 radical (unpaired) electrons. The molecule has 3 heteroatoms. The fourth-order valence-corrected chi connectivity index (χ4v) is 2.17. The molecule has 0 aliphatic carbocycles. The van der Waals surface area contributed by atoms with Gasteiger partial charge in [0, 0.05) is 6.61 Å². The molecule has 0 saturated carbocycles. The first-order chi connectivity index (χ1) is 10.1. The summed E-state index contributed by atoms with van der Waals surface area (Å²) in [5.41, 5.74) is 1.35. The summed E-state index contributed by atoms with van der Waals surface area (Å²) in [7, 11) is 0. The molecule has 0 aromatic heterocycles. The monoisotopic (exact) mass is 341 g/mol. The zero-order chi connectivity index (χ0) is 15.7. The number of hydrogen-bond donors (Lipinski definition) is 0. The van der Waals surface area contributed by atoms with Crippen LogP contribution >= 0.6 is 0 Å². The first-order valence-corrected chi connectivity index (χ1v) is 8.07. The number of benzene rings is 1. The van der Waals surface area contributed by atoms with Gasteiger partial charge in [0.05, 0.1) is 0 Å². The fraction of sp³-hybridized carbons (Fsp3) is 0.579. The maximum Gasteiger partial charge on any atom is 2.00 e. The average molecular weight is 341 g/mol. The van der Waals surface area contributed by atoms with E-state index in [0.29, 0.717) is 18.4 Å². The van der Waals surface area contributed by atoms with E-state index in [9.17, 15) is 0 Å². The standard InChI is InChI=1S/C19H30O2.V/c1-6-8-15(3)13-14-20-17(5)21-19-11-9-18(10-12-19)16(4)7-2;/h9-12,15-17H,1,3,6-8,13-14H2,2,4-5H3;/q-2;+2. The van der Waals surface area contributed by atoms with Gasteiger partial charge in [0.15, 0.2) is 6.29 Å². The van der Waals surface area contributed by atoms with Crippen LogP contribution < -0.4 is 4.74 Å². The summed E-state index contributed by atoms with van der Waals surface area (Å²) < 4.78 is 11.4. The van der Waals surface area contributed by atoms with Gasteiger partial charge in [-0.2, -0.15) is 12.3 Å². The quantitative estimate of drug-likeness (QED) is 0.419. The molecular weight excluding hydrogens is 311 g/mol. The molecule has 0 bridgehead atoms. The van der Waals surface area contributed by atoms with Crippen molar-refractivity contribution in [1.29, 1.82) is 0 Å². The van der Waals surface area contributed by atoms with Gasteiger partial charge in [0.25, 0.3) is 0 Å². The van der Waals surface area contributed by atoms with Gasteiger partial charge in [0.1, 0.15) is 5.75 Å². The van der Waals surface area contributed by atoms with Crippen molar-refractivity contribution >= 4 is 0 Å². The van der Waals surface area contributed by atoms with Crippen molar-refractivity contribution in [2.75, 3.05) is 6.61 Å². The molecule has 0 saturated heterocycles. The molecule has 3 atom stereocenters. The second-order valence-corrected chi connectivity index (χ2v) is 5.73. The Morgan fingerprint density at radius 2 is 1.73 bits per heavy atom. The van der Waals surface area contributed by atoms with E-state index in [1.807, 2.05) is 19.1 Å². The molecule has 0 N–H and O–H groups in total. The molecule has 3 unspecified atom stereocenters. The van der Waals surface area contributed by atoms with Crippen molar-refractivity contribution in [2.24, 2.45) is 5.92 Å². The van der Waals surface area contributed by atoms with Gasteiger partial charge in [-0.1, -0.05) is 32.4 Å². The molecular formula is C19H30O2V. The summed E-state index contributed by atoms with van der Waals surface area (Å²) in [5, 5.41) is 0. The topological polar surface area (TPSA) is 18.5 Å². The minimum Gasteiger partial charge on any atom is -0.465 e. The SMILES string of the molecule is [CH2-]CCC([CH2-])CCOC(C)Oc1ccc(C(C)CC)cc1.[V+2]. The molecule has 1 aromatic carbocycles. The minimum absolute atomic E-state index is 0. The first-order valence-electron chi connectivity index (χ1n) is 8.07. The summed E-state index contributed by atoms with van der Waals surface area (Å²) >= 11 is 0. The van der Waals surface area contributed by atoms with Gasteiger partial charge in [-0.15, -0.1) is 6.42 Å². The Kier molecular flexibility index (Phi) is 11.8. The van der Waals surface area contributed by atoms with Crippen LogP contribution in [0.2, 0.25) is 0 Å². The van der Waals surface area contributed by atoms with Gasteiger partial charge in [-0.3, -0.25) is 0 Å². The normalized spacial score (nSPS) is 14.8. The Balaban J connectivity index is 0.00000441. The van der Waals surface area contributed by atoms with E-state index in [-0.39, 0.29) is 24.8 Å². The molecule has 2 nitrogen and oxygen atoms in total. The van der Waals surface area contributed by atoms with Crippen molar-refractivity contribution in [3.8, 4) is 5.75 Å². The summed E-state index contributed by atoms with van der Waals surface area (Å²) in [6.07, 6.45) is 3.86. The van der Waals surface area contributed by atoms with Crippen LogP contribution in [0, 0.1) is 19.8 Å². The third kappa shape index (κ3) is 8.26. The van der Waals surface area contributed by atoms with E-state index in [4.69, 9.17) is 9.47 Å². The van der Waals surface area contributed by atoms with Crippen LogP contribution in [0.4, 0.5) is 0 Å². The van der Waals surface area contributed by atoms with Gasteiger partial charge in [-0.25, -0.2) is 0 Å². The van der Waals surface area contributed by atoms with E-state index in [1.165, 1.54) is 5.56 Å². The van der Waals surface area contributed by atoms with Crippen LogP contribution in [0.5, 0.6) is 5.75 Å². The molecule has 0 aliphatic rings. The van der Waals surface area contributed by atoms with Crippen LogP contribution in [0.1, 0.15) is 57.9 Å². The van der Waals surface area contributed by atoms with E-state index >= 15 is 0 Å². The van der Waals surface area contributed by atoms with Gasteiger partial charge >= 0.3 is 18.6 Å². The predicted molar refractivity (Wildman–Crippen MR) is 89.2 cm³/mol. The van der Waals surface area contributed by atoms with Crippen LogP contribution in [-0.4, -0.2) is 12.9 Å². The molecule has 1 rings (SSSR count). The van der Waals surface area contributed by atoms with Gasteiger partial charge in [-0.05, 0) is 37.0 Å². The summed E-state index contributed by atoms with van der Waals surface area (Å²) in [6.45, 7) is 15.0. The second-order valence-electron chi connectivity index (χ2n) is 5.73. The van der Waals surface area contributed by atoms with Crippen molar-refractivity contribution in [2.45, 2.75) is 58.7 Å². The predicted octanol–water partition coefficient (Wildman–Crippen LogP) is 5.39. The molecule has 1 aromatic rings. The van der Waals surface area contributed by atoms with Gasteiger partial charge in [0.2, 0.25) is 0 Å². The maximum atomic E-state index is 5.77. The molecule has 0 amide bonds. The molecule has 22 heavy (non-hydrogen) atoms. The number of hydrogen-bond acceptors (Lipinski definition) is 2. The number of rotatable bonds is 10. The van der Waals surface area contributed by atoms with Crippen LogP contribution in [-0.2, 0) is 23.3 Å². The Morgan fingerprint density at radius 3 is 2.27 bits per heavy atom. The van der Waals surface area contributed by atoms with Crippen molar-refractivity contribution in [3.05, 3.63) is 43.7 Å².